The van der Waals surface area contributed by atoms with Crippen molar-refractivity contribution in [2.45, 2.75) is 0 Å². The lowest BCUT2D eigenvalue weighted by atomic mass is 10.3. The molecule has 1 aromatic rings. The second-order valence-electron chi connectivity index (χ2n) is 3.33. The summed E-state index contributed by atoms with van der Waals surface area (Å²) < 4.78 is 9.63. The fourth-order valence-electron chi connectivity index (χ4n) is 1.17. The quantitative estimate of drug-likeness (QED) is 0.433. The van der Waals surface area contributed by atoms with E-state index in [-0.39, 0.29) is 16.0 Å². The summed E-state index contributed by atoms with van der Waals surface area (Å²) in [6, 6.07) is 1.99. The average Bonchev–Trinajstić information content (AvgIpc) is 2.34. The number of aliphatic carboxylic acids is 2. The van der Waals surface area contributed by atoms with Crippen molar-refractivity contribution in [3.05, 3.63) is 26.7 Å². The molecule has 20 heavy (non-hydrogen) atoms. The van der Waals surface area contributed by atoms with Crippen LogP contribution >= 0.6 is 15.9 Å². The molecule has 9 nitrogen and oxygen atoms in total. The number of nitrogens with zero attached hydrogens (tertiary/aromatic N) is 1. The number of benzene rings is 1. The molecule has 0 saturated carbocycles. The van der Waals surface area contributed by atoms with Crippen LogP contribution in [0.1, 0.15) is 0 Å². The summed E-state index contributed by atoms with van der Waals surface area (Å²) >= 11 is 2.98. The van der Waals surface area contributed by atoms with Crippen LogP contribution in [0.15, 0.2) is 16.6 Å². The van der Waals surface area contributed by atoms with Crippen LogP contribution in [-0.2, 0) is 9.59 Å². The van der Waals surface area contributed by atoms with E-state index >= 15 is 0 Å². The van der Waals surface area contributed by atoms with Crippen molar-refractivity contribution < 1.29 is 34.2 Å². The number of carboxylic acid groups (broad SMARTS) is 2. The Morgan fingerprint density at radius 3 is 2.05 bits per heavy atom. The molecule has 1 aromatic carbocycles. The van der Waals surface area contributed by atoms with Gasteiger partial charge in [-0.1, -0.05) is 0 Å². The summed E-state index contributed by atoms with van der Waals surface area (Å²) in [6.07, 6.45) is 0. The Hall–Kier alpha value is -2.36. The maximum Gasteiger partial charge on any atom is 0.314 e. The van der Waals surface area contributed by atoms with Crippen molar-refractivity contribution in [2.24, 2.45) is 0 Å². The van der Waals surface area contributed by atoms with E-state index in [9.17, 15) is 29.9 Å². The summed E-state index contributed by atoms with van der Waals surface area (Å²) in [5.41, 5.74) is -0.581. The lowest BCUT2D eigenvalue weighted by Gasteiger charge is -2.12. The van der Waals surface area contributed by atoms with Gasteiger partial charge in [-0.15, -0.1) is 0 Å². The standard InChI is InChI=1S/C10H8BrNO8/c11-5-1-8(20-4-10(15)16)6(12(17)18)2-7(5)19-3-9(13)14/h1-2H,3-4H2,(H,13,14)(H,15,16)/p-2. The first-order valence-electron chi connectivity index (χ1n) is 4.94. The number of carboxylic acids is 2. The molecule has 0 amide bonds. The molecule has 0 N–H and O–H groups in total. The van der Waals surface area contributed by atoms with Crippen LogP contribution in [0.3, 0.4) is 0 Å². The Balaban J connectivity index is 3.07. The lowest BCUT2D eigenvalue weighted by Crippen LogP contribution is -2.29. The monoisotopic (exact) mass is 347 g/mol. The smallest absolute Gasteiger partial charge is 0.314 e. The van der Waals surface area contributed by atoms with E-state index in [4.69, 9.17) is 9.47 Å². The van der Waals surface area contributed by atoms with Gasteiger partial charge in [0.15, 0.2) is 5.75 Å². The SMILES string of the molecule is O=C([O-])COc1cc([N+](=O)[O-])c(OCC(=O)[O-])cc1Br. The van der Waals surface area contributed by atoms with Crippen molar-refractivity contribution in [1.29, 1.82) is 0 Å². The Kier molecular flexibility index (Phi) is 5.26. The van der Waals surface area contributed by atoms with E-state index in [1.807, 2.05) is 0 Å². The molecule has 0 unspecified atom stereocenters. The van der Waals surface area contributed by atoms with Gasteiger partial charge in [-0.25, -0.2) is 0 Å². The minimum atomic E-state index is -1.55. The molecule has 0 fully saturated rings. The van der Waals surface area contributed by atoms with Crippen LogP contribution in [0.4, 0.5) is 5.69 Å². The van der Waals surface area contributed by atoms with Crippen LogP contribution in [0.5, 0.6) is 11.5 Å². The van der Waals surface area contributed by atoms with Gasteiger partial charge in [0, 0.05) is 6.07 Å². The van der Waals surface area contributed by atoms with Gasteiger partial charge in [0.25, 0.3) is 0 Å². The number of hydrogen-bond acceptors (Lipinski definition) is 8. The summed E-state index contributed by atoms with van der Waals surface area (Å²) in [7, 11) is 0. The third-order valence-corrected chi connectivity index (χ3v) is 2.52. The third kappa shape index (κ3) is 4.39. The molecule has 10 heteroatoms. The number of rotatable bonds is 7. The van der Waals surface area contributed by atoms with Gasteiger partial charge in [0.2, 0.25) is 0 Å². The minimum absolute atomic E-state index is 0.123. The molecule has 0 spiro atoms. The molecule has 1 rings (SSSR count). The molecule has 108 valence electrons. The first-order valence-corrected chi connectivity index (χ1v) is 5.73. The minimum Gasteiger partial charge on any atom is -0.546 e. The van der Waals surface area contributed by atoms with Gasteiger partial charge >= 0.3 is 5.69 Å². The normalized spacial score (nSPS) is 9.85. The largest absolute Gasteiger partial charge is 0.546 e. The molecule has 0 bridgehead atoms. The zero-order valence-corrected chi connectivity index (χ0v) is 11.2. The highest BCUT2D eigenvalue weighted by molar-refractivity contribution is 9.10. The number of ether oxygens (including phenoxy) is 2. The number of hydrogen-bond donors (Lipinski definition) is 0. The third-order valence-electron chi connectivity index (χ3n) is 1.90. The molecule has 0 saturated heterocycles. The van der Waals surface area contributed by atoms with Gasteiger partial charge in [-0.3, -0.25) is 10.1 Å². The Bertz CT molecular complexity index is 558. The van der Waals surface area contributed by atoms with Crippen molar-refractivity contribution in [1.82, 2.24) is 0 Å². The maximum atomic E-state index is 10.8. The molecular weight excluding hydrogens is 342 g/mol. The highest BCUT2D eigenvalue weighted by Crippen LogP contribution is 2.37. The summed E-state index contributed by atoms with van der Waals surface area (Å²) in [6.45, 7) is -1.67. The lowest BCUT2D eigenvalue weighted by molar-refractivity contribution is -0.386. The Morgan fingerprint density at radius 2 is 1.60 bits per heavy atom. The Labute approximate surface area is 120 Å². The zero-order chi connectivity index (χ0) is 15.3. The van der Waals surface area contributed by atoms with Crippen molar-refractivity contribution in [3.63, 3.8) is 0 Å². The highest BCUT2D eigenvalue weighted by Gasteiger charge is 2.19. The first-order chi connectivity index (χ1) is 9.31. The first kappa shape index (κ1) is 15.7. The van der Waals surface area contributed by atoms with E-state index in [1.54, 1.807) is 0 Å². The predicted octanol–water partition coefficient (Wildman–Crippen LogP) is -1.39. The molecule has 0 aliphatic rings. The van der Waals surface area contributed by atoms with Gasteiger partial charge < -0.3 is 29.3 Å². The second-order valence-corrected chi connectivity index (χ2v) is 4.18. The number of halogens is 1. The molecule has 0 heterocycles. The van der Waals surface area contributed by atoms with E-state index < -0.39 is 35.8 Å². The summed E-state index contributed by atoms with van der Waals surface area (Å²) in [4.78, 5) is 30.5. The van der Waals surface area contributed by atoms with Crippen LogP contribution < -0.4 is 19.7 Å². The van der Waals surface area contributed by atoms with Gasteiger partial charge in [0.05, 0.1) is 27.4 Å². The van der Waals surface area contributed by atoms with E-state index in [1.165, 1.54) is 0 Å². The number of carbonyl (C=O) groups is 2. The fourth-order valence-corrected chi connectivity index (χ4v) is 1.60. The maximum absolute atomic E-state index is 10.8. The van der Waals surface area contributed by atoms with Crippen molar-refractivity contribution >= 4 is 33.6 Å². The second kappa shape index (κ2) is 6.70. The average molecular weight is 348 g/mol. The molecule has 0 radical (unpaired) electrons. The van der Waals surface area contributed by atoms with Crippen LogP contribution in [-0.4, -0.2) is 30.1 Å². The molecular formula is C10H6BrNO8-2. The highest BCUT2D eigenvalue weighted by atomic mass is 79.9. The fraction of sp³-hybridized carbons (Fsp3) is 0.200. The van der Waals surface area contributed by atoms with Crippen molar-refractivity contribution in [2.75, 3.05) is 13.2 Å². The Morgan fingerprint density at radius 1 is 1.10 bits per heavy atom. The van der Waals surface area contributed by atoms with Gasteiger partial charge in [0.1, 0.15) is 19.0 Å². The molecule has 0 atom stereocenters. The van der Waals surface area contributed by atoms with E-state index in [2.05, 4.69) is 15.9 Å². The number of nitro benzene ring substituents is 1. The number of carbonyl (C=O) groups excluding carboxylic acids is 2. The summed E-state index contributed by atoms with van der Waals surface area (Å²) in [5, 5.41) is 31.4. The van der Waals surface area contributed by atoms with Crippen LogP contribution in [0.25, 0.3) is 0 Å². The summed E-state index contributed by atoms with van der Waals surface area (Å²) in [5.74, 6) is -3.50. The van der Waals surface area contributed by atoms with Gasteiger partial charge in [-0.05, 0) is 15.9 Å². The molecule has 0 aliphatic heterocycles. The van der Waals surface area contributed by atoms with Crippen LogP contribution in [0.2, 0.25) is 0 Å². The van der Waals surface area contributed by atoms with Gasteiger partial charge in [-0.2, -0.15) is 0 Å². The molecule has 0 aromatic heterocycles. The van der Waals surface area contributed by atoms with Crippen LogP contribution in [0, 0.1) is 10.1 Å². The predicted molar refractivity (Wildman–Crippen MR) is 61.8 cm³/mol. The topological polar surface area (TPSA) is 142 Å². The number of nitro groups is 1. The van der Waals surface area contributed by atoms with E-state index in [0.29, 0.717) is 0 Å². The zero-order valence-electron chi connectivity index (χ0n) is 9.66. The molecule has 0 aliphatic carbocycles. The van der Waals surface area contributed by atoms with Crippen molar-refractivity contribution in [3.8, 4) is 11.5 Å². The van der Waals surface area contributed by atoms with E-state index in [0.717, 1.165) is 12.1 Å².